The number of nitrogens with zero attached hydrogens (tertiary/aromatic N) is 2. The largest absolute Gasteiger partial charge is 0.481 e. The molecule has 9 heteroatoms. The first-order valence-electron chi connectivity index (χ1n) is 10.8. The summed E-state index contributed by atoms with van der Waals surface area (Å²) in [6, 6.07) is 12.0. The molecule has 0 spiro atoms. The Morgan fingerprint density at radius 2 is 1.75 bits per heavy atom. The van der Waals surface area contributed by atoms with Crippen LogP contribution in [0.5, 0.6) is 0 Å². The zero-order valence-corrected chi connectivity index (χ0v) is 17.6. The van der Waals surface area contributed by atoms with Crippen molar-refractivity contribution in [2.24, 2.45) is 5.92 Å². The van der Waals surface area contributed by atoms with Gasteiger partial charge in [-0.25, -0.2) is 4.79 Å². The van der Waals surface area contributed by atoms with E-state index >= 15 is 0 Å². The molecule has 0 saturated carbocycles. The van der Waals surface area contributed by atoms with Crippen LogP contribution in [0.3, 0.4) is 0 Å². The zero-order valence-electron chi connectivity index (χ0n) is 17.6. The van der Waals surface area contributed by atoms with Gasteiger partial charge in [0.2, 0.25) is 5.91 Å². The lowest BCUT2D eigenvalue weighted by Gasteiger charge is -2.43. The minimum atomic E-state index is -0.900. The number of nitrogens with one attached hydrogen (secondary N) is 2. The van der Waals surface area contributed by atoms with Crippen molar-refractivity contribution < 1.29 is 19.5 Å². The molecule has 2 aliphatic rings. The molecule has 32 heavy (non-hydrogen) atoms. The lowest BCUT2D eigenvalue weighted by Crippen LogP contribution is -2.49. The van der Waals surface area contributed by atoms with Gasteiger partial charge >= 0.3 is 12.0 Å². The molecule has 3 heterocycles. The summed E-state index contributed by atoms with van der Waals surface area (Å²) in [6.07, 6.45) is 1.44. The quantitative estimate of drug-likeness (QED) is 0.640. The van der Waals surface area contributed by atoms with Crippen molar-refractivity contribution in [3.05, 3.63) is 58.5 Å². The number of anilines is 2. The minimum Gasteiger partial charge on any atom is -0.481 e. The van der Waals surface area contributed by atoms with Crippen molar-refractivity contribution >= 4 is 29.3 Å². The molecule has 168 valence electrons. The molecular formula is C23H26N4O5. The van der Waals surface area contributed by atoms with Crippen LogP contribution < -0.4 is 16.2 Å². The Morgan fingerprint density at radius 1 is 0.969 bits per heavy atom. The maximum Gasteiger partial charge on any atom is 0.323 e. The van der Waals surface area contributed by atoms with Crippen LogP contribution in [0.15, 0.2) is 47.3 Å². The molecule has 3 amide bonds. The van der Waals surface area contributed by atoms with E-state index in [2.05, 4.69) is 10.6 Å². The molecule has 1 fully saturated rings. The third-order valence-electron chi connectivity index (χ3n) is 6.02. The number of urea groups is 1. The van der Waals surface area contributed by atoms with Crippen LogP contribution in [0, 0.1) is 5.92 Å². The van der Waals surface area contributed by atoms with Crippen molar-refractivity contribution in [2.45, 2.75) is 38.1 Å². The third kappa shape index (κ3) is 4.82. The van der Waals surface area contributed by atoms with Gasteiger partial charge in [0, 0.05) is 49.8 Å². The average Bonchev–Trinajstić information content (AvgIpc) is 2.76. The number of hydrogen-bond donors (Lipinski definition) is 3. The van der Waals surface area contributed by atoms with Crippen LogP contribution in [0.25, 0.3) is 0 Å². The van der Waals surface area contributed by atoms with Gasteiger partial charge in [0.05, 0.1) is 0 Å². The molecule has 9 nitrogen and oxygen atoms in total. The summed E-state index contributed by atoms with van der Waals surface area (Å²) in [7, 11) is 0. The highest BCUT2D eigenvalue weighted by atomic mass is 16.4. The lowest BCUT2D eigenvalue weighted by molar-refractivity contribution is -0.137. The third-order valence-corrected chi connectivity index (χ3v) is 6.02. The number of amides is 3. The maximum atomic E-state index is 13.0. The topological polar surface area (TPSA) is 121 Å². The summed E-state index contributed by atoms with van der Waals surface area (Å²) in [4.78, 5) is 50.3. The van der Waals surface area contributed by atoms with E-state index in [0.717, 1.165) is 12.1 Å². The average molecular weight is 438 g/mol. The number of carbonyl (C=O) groups excluding carboxylic acids is 2. The predicted molar refractivity (Wildman–Crippen MR) is 119 cm³/mol. The smallest absolute Gasteiger partial charge is 0.323 e. The number of carbonyl (C=O) groups is 3. The summed E-state index contributed by atoms with van der Waals surface area (Å²) in [6.45, 7) is 1.56. The van der Waals surface area contributed by atoms with E-state index in [1.807, 2.05) is 24.3 Å². The molecule has 2 aromatic rings. The van der Waals surface area contributed by atoms with Gasteiger partial charge < -0.3 is 25.2 Å². The minimum absolute atomic E-state index is 0.0156. The van der Waals surface area contributed by atoms with Crippen LogP contribution in [-0.2, 0) is 16.1 Å². The Bertz CT molecular complexity index is 1080. The van der Waals surface area contributed by atoms with Gasteiger partial charge in [-0.3, -0.25) is 14.4 Å². The van der Waals surface area contributed by atoms with Crippen LogP contribution in [0.1, 0.15) is 37.3 Å². The monoisotopic (exact) mass is 438 g/mol. The highest BCUT2D eigenvalue weighted by Crippen LogP contribution is 2.35. The Morgan fingerprint density at radius 3 is 2.50 bits per heavy atom. The molecule has 2 aliphatic heterocycles. The number of rotatable bonds is 6. The molecule has 1 aromatic carbocycles. The summed E-state index contributed by atoms with van der Waals surface area (Å²) in [5.41, 5.74) is 1.46. The fraction of sp³-hybridized carbons (Fsp3) is 0.391. The van der Waals surface area contributed by atoms with E-state index in [0.29, 0.717) is 31.7 Å². The van der Waals surface area contributed by atoms with Gasteiger partial charge in [0.1, 0.15) is 5.69 Å². The fourth-order valence-corrected chi connectivity index (χ4v) is 4.60. The molecule has 0 aliphatic carbocycles. The number of fused-ring (bicyclic) bond motifs is 4. The van der Waals surface area contributed by atoms with Crippen LogP contribution in [0.4, 0.5) is 16.2 Å². The number of para-hydroxylation sites is 1. The molecule has 2 bridgehead atoms. The maximum absolute atomic E-state index is 13.0. The van der Waals surface area contributed by atoms with Gasteiger partial charge in [-0.2, -0.15) is 0 Å². The molecule has 1 saturated heterocycles. The molecule has 0 radical (unpaired) electrons. The van der Waals surface area contributed by atoms with E-state index in [1.54, 1.807) is 27.7 Å². The fourth-order valence-electron chi connectivity index (χ4n) is 4.60. The number of aromatic nitrogens is 1. The first-order chi connectivity index (χ1) is 15.4. The molecular weight excluding hydrogens is 412 g/mol. The number of hydrogen-bond acceptors (Lipinski definition) is 4. The number of aliphatic carboxylic acids is 1. The number of pyridine rings is 1. The second-order valence-corrected chi connectivity index (χ2v) is 8.38. The summed E-state index contributed by atoms with van der Waals surface area (Å²) < 4.78 is 1.71. The Labute approximate surface area is 185 Å². The summed E-state index contributed by atoms with van der Waals surface area (Å²) in [5, 5.41) is 14.1. The second kappa shape index (κ2) is 9.25. The lowest BCUT2D eigenvalue weighted by atomic mass is 9.83. The highest BCUT2D eigenvalue weighted by molar-refractivity contribution is 5.99. The Balaban J connectivity index is 1.44. The molecule has 1 aromatic heterocycles. The van der Waals surface area contributed by atoms with E-state index in [4.69, 9.17) is 5.11 Å². The Kier molecular flexibility index (Phi) is 6.25. The van der Waals surface area contributed by atoms with Crippen LogP contribution in [-0.4, -0.2) is 45.6 Å². The van der Waals surface area contributed by atoms with Gasteiger partial charge in [0.25, 0.3) is 5.56 Å². The van der Waals surface area contributed by atoms with E-state index in [9.17, 15) is 19.2 Å². The molecule has 2 atom stereocenters. The van der Waals surface area contributed by atoms with Crippen molar-refractivity contribution in [1.29, 1.82) is 0 Å². The van der Waals surface area contributed by atoms with Crippen LogP contribution >= 0.6 is 0 Å². The molecule has 2 unspecified atom stereocenters. The van der Waals surface area contributed by atoms with Crippen molar-refractivity contribution in [2.75, 3.05) is 23.7 Å². The second-order valence-electron chi connectivity index (χ2n) is 8.38. The highest BCUT2D eigenvalue weighted by Gasteiger charge is 2.36. The van der Waals surface area contributed by atoms with Gasteiger partial charge in [-0.05, 0) is 43.0 Å². The van der Waals surface area contributed by atoms with E-state index < -0.39 is 12.0 Å². The predicted octanol–water partition coefficient (Wildman–Crippen LogP) is 2.69. The summed E-state index contributed by atoms with van der Waals surface area (Å²) in [5.74, 6) is -0.738. The Hall–Kier alpha value is -3.62. The van der Waals surface area contributed by atoms with Gasteiger partial charge in [0.15, 0.2) is 0 Å². The van der Waals surface area contributed by atoms with E-state index in [1.165, 1.54) is 0 Å². The number of piperidine rings is 1. The van der Waals surface area contributed by atoms with E-state index in [-0.39, 0.29) is 41.8 Å². The standard InChI is InChI=1S/C23H26N4O5/c28-20(7-4-8-21(29)30)26-12-15-11-16(14-26)19-10-9-18(22(31)27(19)13-15)25-23(32)24-17-5-2-1-3-6-17/h1-3,5-6,9-10,15-16H,4,7-8,11-14H2,(H,29,30)(H2,24,25,32). The first kappa shape index (κ1) is 21.6. The first-order valence-corrected chi connectivity index (χ1v) is 10.8. The number of carboxylic acids is 1. The normalized spacial score (nSPS) is 19.1. The van der Waals surface area contributed by atoms with Gasteiger partial charge in [-0.15, -0.1) is 0 Å². The SMILES string of the molecule is O=C(O)CCCC(=O)N1CC2CC(C1)c1ccc(NC(=O)Nc3ccccc3)c(=O)n1C2. The molecule has 3 N–H and O–H groups in total. The number of likely N-dealkylation sites (tertiary alicyclic amines) is 1. The van der Waals surface area contributed by atoms with Crippen molar-refractivity contribution in [1.82, 2.24) is 9.47 Å². The summed E-state index contributed by atoms with van der Waals surface area (Å²) >= 11 is 0. The number of carboxylic acid groups (broad SMARTS) is 1. The van der Waals surface area contributed by atoms with Crippen LogP contribution in [0.2, 0.25) is 0 Å². The van der Waals surface area contributed by atoms with Crippen molar-refractivity contribution in [3.63, 3.8) is 0 Å². The van der Waals surface area contributed by atoms with Crippen molar-refractivity contribution in [3.8, 4) is 0 Å². The molecule has 4 rings (SSSR count). The zero-order chi connectivity index (χ0) is 22.7. The number of benzene rings is 1. The van der Waals surface area contributed by atoms with Gasteiger partial charge in [-0.1, -0.05) is 18.2 Å².